The van der Waals surface area contributed by atoms with E-state index >= 15 is 0 Å². The molecule has 0 unspecified atom stereocenters. The average molecular weight is 490 g/mol. The molecule has 1 aromatic heterocycles. The van der Waals surface area contributed by atoms with Crippen LogP contribution < -0.4 is 14.8 Å². The number of benzene rings is 2. The lowest BCUT2D eigenvalue weighted by molar-refractivity contribution is -0.164. The van der Waals surface area contributed by atoms with Gasteiger partial charge in [0.05, 0.1) is 55.2 Å². The lowest BCUT2D eigenvalue weighted by Gasteiger charge is -2.39. The van der Waals surface area contributed by atoms with Crippen molar-refractivity contribution in [1.82, 2.24) is 14.9 Å². The van der Waals surface area contributed by atoms with Crippen LogP contribution in [0.5, 0.6) is 11.5 Å². The highest BCUT2D eigenvalue weighted by molar-refractivity contribution is 7.90. The predicted molar refractivity (Wildman–Crippen MR) is 123 cm³/mol. The molecule has 0 spiro atoms. The lowest BCUT2D eigenvalue weighted by atomic mass is 9.95. The molecule has 2 aliphatic rings. The molecule has 2 N–H and O–H groups in total. The first-order valence-corrected chi connectivity index (χ1v) is 12.8. The Morgan fingerprint density at radius 1 is 1.18 bits per heavy atom. The maximum atomic E-state index is 11.7. The Morgan fingerprint density at radius 2 is 1.88 bits per heavy atom. The van der Waals surface area contributed by atoms with Crippen molar-refractivity contribution < 1.29 is 32.5 Å². The number of aliphatic hydroxyl groups excluding tert-OH is 1. The molecule has 2 bridgehead atoms. The van der Waals surface area contributed by atoms with Crippen LogP contribution in [0.2, 0.25) is 0 Å². The SMILES string of the molecule is COc1cc2ncn([C@H]3[C@@H]4OC[C@@H](O4)[C@@H](NCc4ccc(S(C)(=O)=O)cc4)[C@@H]3O)c2cc1OC. The Hall–Kier alpha value is -2.70. The maximum Gasteiger partial charge on any atom is 0.181 e. The maximum absolute atomic E-state index is 11.7. The molecule has 0 amide bonds. The third-order valence-corrected chi connectivity index (χ3v) is 7.55. The summed E-state index contributed by atoms with van der Waals surface area (Å²) in [6, 6.07) is 9.34. The Balaban J connectivity index is 1.40. The Morgan fingerprint density at radius 3 is 2.56 bits per heavy atom. The fraction of sp³-hybridized carbons (Fsp3) is 0.435. The van der Waals surface area contributed by atoms with E-state index < -0.39 is 34.3 Å². The summed E-state index contributed by atoms with van der Waals surface area (Å²) in [6.45, 7) is 0.783. The first kappa shape index (κ1) is 23.1. The molecule has 3 heterocycles. The Labute approximate surface area is 197 Å². The van der Waals surface area contributed by atoms with Gasteiger partial charge in [0.2, 0.25) is 0 Å². The number of imidazole rings is 1. The van der Waals surface area contributed by atoms with E-state index in [1.807, 2.05) is 10.6 Å². The fourth-order valence-electron chi connectivity index (χ4n) is 4.63. The summed E-state index contributed by atoms with van der Waals surface area (Å²) in [5.41, 5.74) is 2.34. The molecule has 10 nitrogen and oxygen atoms in total. The molecule has 0 radical (unpaired) electrons. The van der Waals surface area contributed by atoms with Gasteiger partial charge in [-0.25, -0.2) is 13.4 Å². The van der Waals surface area contributed by atoms with Crippen LogP contribution in [-0.2, 0) is 25.9 Å². The van der Waals surface area contributed by atoms with Crippen molar-refractivity contribution in [1.29, 1.82) is 0 Å². The molecule has 5 atom stereocenters. The van der Waals surface area contributed by atoms with Crippen molar-refractivity contribution in [3.63, 3.8) is 0 Å². The van der Waals surface area contributed by atoms with Gasteiger partial charge in [-0.3, -0.25) is 0 Å². The summed E-state index contributed by atoms with van der Waals surface area (Å²) >= 11 is 0. The molecular formula is C23H27N3O7S. The second-order valence-electron chi connectivity index (χ2n) is 8.53. The van der Waals surface area contributed by atoms with Crippen LogP contribution in [0.1, 0.15) is 11.6 Å². The summed E-state index contributed by atoms with van der Waals surface area (Å²) in [5, 5.41) is 14.8. The second-order valence-corrected chi connectivity index (χ2v) is 10.5. The molecule has 2 saturated heterocycles. The average Bonchev–Trinajstić information content (AvgIpc) is 3.43. The van der Waals surface area contributed by atoms with E-state index in [2.05, 4.69) is 10.3 Å². The molecule has 34 heavy (non-hydrogen) atoms. The molecule has 2 aliphatic heterocycles. The number of rotatable bonds is 7. The zero-order valence-corrected chi connectivity index (χ0v) is 19.9. The number of nitrogens with one attached hydrogen (secondary N) is 1. The monoisotopic (exact) mass is 489 g/mol. The van der Waals surface area contributed by atoms with Crippen LogP contribution in [0.4, 0.5) is 0 Å². The van der Waals surface area contributed by atoms with Crippen molar-refractivity contribution in [3.8, 4) is 11.5 Å². The largest absolute Gasteiger partial charge is 0.493 e. The number of aliphatic hydroxyl groups is 1. The zero-order chi connectivity index (χ0) is 24.0. The van der Waals surface area contributed by atoms with Gasteiger partial charge in [-0.05, 0) is 17.7 Å². The lowest BCUT2D eigenvalue weighted by Crippen LogP contribution is -2.57. The van der Waals surface area contributed by atoms with Crippen molar-refractivity contribution >= 4 is 20.9 Å². The number of nitrogens with zero attached hydrogens (tertiary/aromatic N) is 2. The highest BCUT2D eigenvalue weighted by Gasteiger charge is 2.51. The first-order chi connectivity index (χ1) is 16.3. The van der Waals surface area contributed by atoms with E-state index in [1.54, 1.807) is 50.9 Å². The second kappa shape index (κ2) is 8.82. The molecule has 2 fully saturated rings. The normalized spacial score (nSPS) is 26.6. The van der Waals surface area contributed by atoms with E-state index in [-0.39, 0.29) is 11.0 Å². The summed E-state index contributed by atoms with van der Waals surface area (Å²) in [7, 11) is -0.121. The predicted octanol–water partition coefficient (Wildman–Crippen LogP) is 1.27. The van der Waals surface area contributed by atoms with E-state index in [1.165, 1.54) is 6.26 Å². The number of ether oxygens (including phenoxy) is 4. The van der Waals surface area contributed by atoms with E-state index in [4.69, 9.17) is 18.9 Å². The first-order valence-electron chi connectivity index (χ1n) is 10.9. The number of sulfone groups is 1. The summed E-state index contributed by atoms with van der Waals surface area (Å²) in [6.07, 6.45) is 1.09. The van der Waals surface area contributed by atoms with Gasteiger partial charge in [-0.1, -0.05) is 12.1 Å². The van der Waals surface area contributed by atoms with Crippen LogP contribution in [0, 0.1) is 0 Å². The van der Waals surface area contributed by atoms with Crippen LogP contribution in [-0.4, -0.2) is 74.7 Å². The molecular weight excluding hydrogens is 462 g/mol. The van der Waals surface area contributed by atoms with Crippen LogP contribution in [0.3, 0.4) is 0 Å². The van der Waals surface area contributed by atoms with Gasteiger partial charge >= 0.3 is 0 Å². The Bertz CT molecular complexity index is 1290. The molecule has 0 saturated carbocycles. The topological polar surface area (TPSA) is 121 Å². The number of hydrogen-bond acceptors (Lipinski definition) is 9. The van der Waals surface area contributed by atoms with E-state index in [0.717, 1.165) is 11.1 Å². The third kappa shape index (κ3) is 4.03. The van der Waals surface area contributed by atoms with Gasteiger partial charge in [-0.2, -0.15) is 0 Å². The van der Waals surface area contributed by atoms with Gasteiger partial charge in [0.1, 0.15) is 12.1 Å². The van der Waals surface area contributed by atoms with Gasteiger partial charge in [-0.15, -0.1) is 0 Å². The van der Waals surface area contributed by atoms with Crippen molar-refractivity contribution in [2.24, 2.45) is 0 Å². The van der Waals surface area contributed by atoms with Crippen LogP contribution in [0.25, 0.3) is 11.0 Å². The summed E-state index contributed by atoms with van der Waals surface area (Å²) in [5.74, 6) is 1.12. The van der Waals surface area contributed by atoms with Crippen molar-refractivity contribution in [3.05, 3.63) is 48.3 Å². The molecule has 3 aromatic rings. The van der Waals surface area contributed by atoms with Crippen LogP contribution >= 0.6 is 0 Å². The highest BCUT2D eigenvalue weighted by atomic mass is 32.2. The zero-order valence-electron chi connectivity index (χ0n) is 19.0. The summed E-state index contributed by atoms with van der Waals surface area (Å²) in [4.78, 5) is 4.74. The number of fused-ring (bicyclic) bond motifs is 3. The molecule has 2 aromatic carbocycles. The number of aromatic nitrogens is 2. The highest BCUT2D eigenvalue weighted by Crippen LogP contribution is 2.39. The minimum absolute atomic E-state index is 0.267. The third-order valence-electron chi connectivity index (χ3n) is 6.43. The number of hydrogen-bond donors (Lipinski definition) is 2. The fourth-order valence-corrected chi connectivity index (χ4v) is 5.26. The minimum atomic E-state index is -3.25. The van der Waals surface area contributed by atoms with Gasteiger partial charge in [0, 0.05) is 24.9 Å². The molecule has 5 rings (SSSR count). The molecule has 0 aliphatic carbocycles. The smallest absolute Gasteiger partial charge is 0.181 e. The molecule has 11 heteroatoms. The van der Waals surface area contributed by atoms with E-state index in [9.17, 15) is 13.5 Å². The number of methoxy groups -OCH3 is 2. The Kier molecular flexibility index (Phi) is 5.98. The van der Waals surface area contributed by atoms with Gasteiger partial charge in [0.25, 0.3) is 0 Å². The van der Waals surface area contributed by atoms with Gasteiger partial charge in [0.15, 0.2) is 27.6 Å². The van der Waals surface area contributed by atoms with Crippen molar-refractivity contribution in [2.75, 3.05) is 27.1 Å². The minimum Gasteiger partial charge on any atom is -0.493 e. The van der Waals surface area contributed by atoms with Crippen LogP contribution in [0.15, 0.2) is 47.6 Å². The standard InChI is InChI=1S/C23H27N3O7S/c1-30-17-8-15-16(9-18(17)31-2)26(12-25-15)21-22(27)20(19-11-32-23(21)33-19)24-10-13-4-6-14(7-5-13)34(3,28)29/h4-9,12,19-24,27H,10-11H2,1-3H3/t19-,20-,21-,22+,23-/m1/s1. The van der Waals surface area contributed by atoms with E-state index in [0.29, 0.717) is 30.2 Å². The molecule has 182 valence electrons. The van der Waals surface area contributed by atoms with Crippen molar-refractivity contribution in [2.45, 2.75) is 42.0 Å². The summed E-state index contributed by atoms with van der Waals surface area (Å²) < 4.78 is 48.0. The quantitative estimate of drug-likeness (QED) is 0.505. The van der Waals surface area contributed by atoms with Gasteiger partial charge < -0.3 is 33.9 Å².